The molecule has 1 aromatic heterocycles. The molecule has 3 fully saturated rings. The van der Waals surface area contributed by atoms with E-state index < -0.39 is 156 Å². The van der Waals surface area contributed by atoms with Crippen molar-refractivity contribution in [2.75, 3.05) is 13.2 Å². The van der Waals surface area contributed by atoms with Crippen molar-refractivity contribution >= 4 is 23.0 Å². The lowest BCUT2D eigenvalue weighted by Gasteiger charge is -2.43. The highest BCUT2D eigenvalue weighted by molar-refractivity contribution is 5.89. The van der Waals surface area contributed by atoms with Gasteiger partial charge in [0.05, 0.1) is 19.3 Å². The third-order valence-electron chi connectivity index (χ3n) is 10.9. The van der Waals surface area contributed by atoms with E-state index >= 15 is 0 Å². The first-order valence-corrected chi connectivity index (χ1v) is 19.9. The van der Waals surface area contributed by atoms with Crippen molar-refractivity contribution in [3.05, 3.63) is 76.5 Å². The molecule has 23 heteroatoms. The van der Waals surface area contributed by atoms with Gasteiger partial charge in [0.1, 0.15) is 89.3 Å². The molecule has 23 nitrogen and oxygen atoms in total. The summed E-state index contributed by atoms with van der Waals surface area (Å²) in [6, 6.07) is 10.8. The number of esters is 1. The van der Waals surface area contributed by atoms with Crippen LogP contribution in [0.5, 0.6) is 34.5 Å². The minimum absolute atomic E-state index is 0.0373. The largest absolute Gasteiger partial charge is 0.508 e. The van der Waals surface area contributed by atoms with Gasteiger partial charge >= 0.3 is 5.97 Å². The quantitative estimate of drug-likeness (QED) is 0.0406. The number of rotatable bonds is 12. The Morgan fingerprint density at radius 2 is 1.32 bits per heavy atom. The zero-order valence-corrected chi connectivity index (χ0v) is 33.8. The van der Waals surface area contributed by atoms with Gasteiger partial charge in [-0.1, -0.05) is 12.1 Å². The predicted molar refractivity (Wildman–Crippen MR) is 214 cm³/mol. The molecule has 0 spiro atoms. The number of benzene rings is 3. The Hall–Kier alpha value is -5.64. The van der Waals surface area contributed by atoms with Crippen LogP contribution in [0.25, 0.3) is 28.4 Å². The molecule has 7 rings (SSSR count). The van der Waals surface area contributed by atoms with Crippen molar-refractivity contribution < 1.29 is 109 Å². The fourth-order valence-corrected chi connectivity index (χ4v) is 7.25. The third-order valence-corrected chi connectivity index (χ3v) is 10.9. The molecule has 0 saturated carbocycles. The molecule has 3 aromatic carbocycles. The van der Waals surface area contributed by atoms with Crippen molar-refractivity contribution in [1.82, 2.24) is 0 Å². The highest BCUT2D eigenvalue weighted by Gasteiger charge is 2.50. The van der Waals surface area contributed by atoms with Gasteiger partial charge in [0.2, 0.25) is 23.8 Å². The molecule has 15 atom stereocenters. The number of hydrogen-bond donors (Lipinski definition) is 13. The van der Waals surface area contributed by atoms with E-state index in [9.17, 15) is 76.0 Å². The highest BCUT2D eigenvalue weighted by Crippen LogP contribution is 2.40. The summed E-state index contributed by atoms with van der Waals surface area (Å²) in [4.78, 5) is 27.5. The zero-order chi connectivity index (χ0) is 47.0. The normalized spacial score (nSPS) is 32.9. The van der Waals surface area contributed by atoms with E-state index in [0.29, 0.717) is 5.56 Å². The fraction of sp³-hybridized carbons (Fsp3) is 0.429. The van der Waals surface area contributed by atoms with Crippen LogP contribution < -0.4 is 14.9 Å². The fourth-order valence-electron chi connectivity index (χ4n) is 7.25. The van der Waals surface area contributed by atoms with E-state index in [2.05, 4.69) is 0 Å². The summed E-state index contributed by atoms with van der Waals surface area (Å²) in [5.41, 5.74) is -1.31. The number of fused-ring (bicyclic) bond motifs is 1. The van der Waals surface area contributed by atoms with Crippen LogP contribution in [0.15, 0.2) is 69.9 Å². The van der Waals surface area contributed by atoms with Crippen molar-refractivity contribution in [3.63, 3.8) is 0 Å². The first kappa shape index (κ1) is 47.3. The topological polar surface area (TPSA) is 375 Å². The van der Waals surface area contributed by atoms with Gasteiger partial charge in [-0.15, -0.1) is 0 Å². The van der Waals surface area contributed by atoms with E-state index in [1.807, 2.05) is 0 Å². The number of hydrogen-bond acceptors (Lipinski definition) is 23. The van der Waals surface area contributed by atoms with Crippen molar-refractivity contribution in [3.8, 4) is 45.8 Å². The molecule has 0 unspecified atom stereocenters. The summed E-state index contributed by atoms with van der Waals surface area (Å²) >= 11 is 0. The number of aliphatic hydroxyl groups excluding tert-OH is 9. The van der Waals surface area contributed by atoms with Crippen LogP contribution in [0.1, 0.15) is 12.5 Å². The lowest BCUT2D eigenvalue weighted by atomic mass is 9.98. The van der Waals surface area contributed by atoms with Crippen LogP contribution in [-0.4, -0.2) is 178 Å². The molecule has 3 aliphatic heterocycles. The summed E-state index contributed by atoms with van der Waals surface area (Å²) < 4.78 is 45.5. The van der Waals surface area contributed by atoms with Crippen molar-refractivity contribution in [2.24, 2.45) is 0 Å². The summed E-state index contributed by atoms with van der Waals surface area (Å²) in [5, 5.41) is 135. The smallest absolute Gasteiger partial charge is 0.331 e. The van der Waals surface area contributed by atoms with Gasteiger partial charge in [0.15, 0.2) is 29.7 Å². The molecule has 352 valence electrons. The molecule has 0 amide bonds. The van der Waals surface area contributed by atoms with Gasteiger partial charge in [-0.3, -0.25) is 4.79 Å². The molecular weight excluding hydrogens is 872 g/mol. The summed E-state index contributed by atoms with van der Waals surface area (Å²) in [6.07, 6.45) is -23.8. The molecule has 0 bridgehead atoms. The molecule has 4 aromatic rings. The maximum Gasteiger partial charge on any atom is 0.331 e. The monoisotopic (exact) mass is 918 g/mol. The summed E-state index contributed by atoms with van der Waals surface area (Å²) in [6.45, 7) is -0.145. The Morgan fingerprint density at radius 3 is 2.02 bits per heavy atom. The Bertz CT molecular complexity index is 2400. The number of phenolic OH excluding ortho intramolecular Hbond substituents is 4. The lowest BCUT2D eigenvalue weighted by Crippen LogP contribution is -2.62. The van der Waals surface area contributed by atoms with Crippen LogP contribution >= 0.6 is 0 Å². The molecule has 4 heterocycles. The number of aliphatic hydroxyl groups is 9. The van der Waals surface area contributed by atoms with E-state index in [-0.39, 0.29) is 17.1 Å². The second-order valence-corrected chi connectivity index (χ2v) is 15.4. The van der Waals surface area contributed by atoms with Crippen LogP contribution in [0.4, 0.5) is 0 Å². The molecule has 0 aliphatic carbocycles. The zero-order valence-electron chi connectivity index (χ0n) is 33.8. The van der Waals surface area contributed by atoms with Crippen LogP contribution in [0.2, 0.25) is 0 Å². The summed E-state index contributed by atoms with van der Waals surface area (Å²) in [5.74, 6) is -4.96. The van der Waals surface area contributed by atoms with Crippen molar-refractivity contribution in [2.45, 2.75) is 99.0 Å². The Labute approximate surface area is 365 Å². The predicted octanol–water partition coefficient (Wildman–Crippen LogP) is -2.24. The maximum atomic E-state index is 14.4. The Morgan fingerprint density at radius 1 is 0.677 bits per heavy atom. The van der Waals surface area contributed by atoms with Crippen molar-refractivity contribution in [1.29, 1.82) is 0 Å². The average Bonchev–Trinajstić information content (AvgIpc) is 3.28. The standard InChI is InChI=1S/C42H46O23/c1-15-28(49)31(52)34(55)40(59-15)58-14-25-38(64-26(48)9-4-16-2-6-18(44)7-3-16)33(54)36(57)42(63-25)65-39-30(51)27-22(47)11-19(60-41-35(56)32(53)29(50)24(13-43)62-41)12-23(27)61-37(39)17-5-8-20(45)21(46)10-17/h2-12,15,24-25,28-29,31-36,38,40-47,49-50,52-57H,13-14H2,1H3/b9-4-/t15-,24+,25+,28+,29-,31+,32+,33+,34+,35-,36-,38+,40-,41-,42+/m1/s1. The highest BCUT2D eigenvalue weighted by atomic mass is 16.7. The van der Waals surface area contributed by atoms with E-state index in [1.54, 1.807) is 0 Å². The molecule has 0 radical (unpaired) electrons. The number of carbonyl (C=O) groups excluding carboxylic acids is 1. The number of phenols is 4. The van der Waals surface area contributed by atoms with Gasteiger partial charge in [0, 0.05) is 23.8 Å². The summed E-state index contributed by atoms with van der Waals surface area (Å²) in [7, 11) is 0. The van der Waals surface area contributed by atoms with Crippen LogP contribution in [0, 0.1) is 0 Å². The average molecular weight is 919 g/mol. The SMILES string of the molecule is C[C@H]1O[C@@H](OC[C@@H]2O[C@@H](Oc3c(-c4ccc(O)c(O)c4)oc4cc(O[C@@H]5O[C@@H](CO)[C@@H](O)[C@H](O)[C@H]5O)cc(O)c4c3=O)[C@H](O)[C@H](O)[C@H]2OC(=O)/C=C\c2ccc(O)cc2)[C@@H](O)[C@@H](O)[C@H]1O. The first-order chi connectivity index (χ1) is 30.9. The van der Waals surface area contributed by atoms with Gasteiger partial charge in [-0.25, -0.2) is 4.79 Å². The van der Waals surface area contributed by atoms with E-state index in [1.165, 1.54) is 43.3 Å². The molecular formula is C42H46O23. The minimum Gasteiger partial charge on any atom is -0.508 e. The third kappa shape index (κ3) is 9.83. The number of ether oxygens (including phenoxy) is 7. The minimum atomic E-state index is -2.17. The van der Waals surface area contributed by atoms with Crippen LogP contribution in [-0.2, 0) is 28.5 Å². The number of carbonyl (C=O) groups is 1. The maximum absolute atomic E-state index is 14.4. The van der Waals surface area contributed by atoms with Gasteiger partial charge in [-0.2, -0.15) is 0 Å². The molecule has 3 saturated heterocycles. The second kappa shape index (κ2) is 19.4. The van der Waals surface area contributed by atoms with E-state index in [4.69, 9.17) is 37.6 Å². The van der Waals surface area contributed by atoms with Crippen LogP contribution in [0.3, 0.4) is 0 Å². The lowest BCUT2D eigenvalue weighted by molar-refractivity contribution is -0.319. The van der Waals surface area contributed by atoms with Gasteiger partial charge < -0.3 is 104 Å². The van der Waals surface area contributed by atoms with Gasteiger partial charge in [-0.05, 0) is 48.9 Å². The second-order valence-electron chi connectivity index (χ2n) is 15.4. The molecule has 3 aliphatic rings. The molecule has 13 N–H and O–H groups in total. The van der Waals surface area contributed by atoms with Gasteiger partial charge in [0.25, 0.3) is 0 Å². The first-order valence-electron chi connectivity index (χ1n) is 19.9. The Kier molecular flexibility index (Phi) is 14.2. The Balaban J connectivity index is 1.23. The molecule has 65 heavy (non-hydrogen) atoms. The van der Waals surface area contributed by atoms with E-state index in [0.717, 1.165) is 30.3 Å². The number of aromatic hydroxyl groups is 4.